The third-order valence-electron chi connectivity index (χ3n) is 7.19. The number of carbonyl (C=O) groups is 2. The highest BCUT2D eigenvalue weighted by Crippen LogP contribution is 2.69. The molecule has 7 rings (SSSR count). The molecule has 0 saturated carbocycles. The first-order chi connectivity index (χ1) is 14.9. The Morgan fingerprint density at radius 1 is 0.710 bits per heavy atom. The number of hydrogen-bond donors (Lipinski definition) is 0. The molecule has 1 aliphatic heterocycles. The summed E-state index contributed by atoms with van der Waals surface area (Å²) in [6, 6.07) is 22.9. The second kappa shape index (κ2) is 6.21. The number of nitrogens with zero attached hydrogens (tertiary/aromatic N) is 1. The zero-order valence-corrected chi connectivity index (χ0v) is 18.3. The zero-order chi connectivity index (χ0) is 21.5. The Kier molecular flexibility index (Phi) is 3.83. The van der Waals surface area contributed by atoms with Crippen LogP contribution in [0.25, 0.3) is 0 Å². The van der Waals surface area contributed by atoms with Crippen LogP contribution in [-0.4, -0.2) is 11.8 Å². The molecule has 5 heteroatoms. The van der Waals surface area contributed by atoms with Crippen LogP contribution in [0.5, 0.6) is 0 Å². The van der Waals surface area contributed by atoms with Crippen LogP contribution in [0, 0.1) is 11.8 Å². The van der Waals surface area contributed by atoms with E-state index in [-0.39, 0.29) is 11.8 Å². The Hall–Kier alpha value is -2.62. The molecule has 31 heavy (non-hydrogen) atoms. The van der Waals surface area contributed by atoms with Crippen LogP contribution < -0.4 is 4.90 Å². The minimum absolute atomic E-state index is 0.289. The summed E-state index contributed by atoms with van der Waals surface area (Å²) in [5.41, 5.74) is 4.97. The first-order valence-electron chi connectivity index (χ1n) is 10.5. The molecule has 0 unspecified atom stereocenters. The molecule has 3 aromatic carbocycles. The van der Waals surface area contributed by atoms with Crippen molar-refractivity contribution in [2.75, 3.05) is 4.90 Å². The molecule has 1 saturated heterocycles. The number of aryl methyl sites for hydroxylation is 1. The van der Waals surface area contributed by atoms with Crippen molar-refractivity contribution in [1.82, 2.24) is 0 Å². The lowest BCUT2D eigenvalue weighted by molar-refractivity contribution is -0.122. The van der Waals surface area contributed by atoms with Gasteiger partial charge < -0.3 is 0 Å². The SMILES string of the molecule is CCc1ccc(N2C(=O)[C@@H]3[C@@H](C2=O)C2(Cl)c4ccccc4C3(Cl)c3ccccc32)cc1. The summed E-state index contributed by atoms with van der Waals surface area (Å²) >= 11 is 14.8. The van der Waals surface area contributed by atoms with Gasteiger partial charge in [0.2, 0.25) is 11.8 Å². The van der Waals surface area contributed by atoms with E-state index in [2.05, 4.69) is 6.92 Å². The maximum absolute atomic E-state index is 13.8. The summed E-state index contributed by atoms with van der Waals surface area (Å²) in [6.45, 7) is 2.07. The van der Waals surface area contributed by atoms with E-state index in [0.717, 1.165) is 34.2 Å². The minimum Gasteiger partial charge on any atom is -0.274 e. The molecule has 3 nitrogen and oxygen atoms in total. The van der Waals surface area contributed by atoms with Crippen molar-refractivity contribution in [3.05, 3.63) is 101 Å². The second-order valence-electron chi connectivity index (χ2n) is 8.50. The summed E-state index contributed by atoms with van der Waals surface area (Å²) in [5, 5.41) is 0. The van der Waals surface area contributed by atoms with Gasteiger partial charge in [-0.25, -0.2) is 4.90 Å². The number of rotatable bonds is 2. The van der Waals surface area contributed by atoms with Gasteiger partial charge in [0.05, 0.1) is 17.5 Å². The molecular weight excluding hydrogens is 429 g/mol. The predicted molar refractivity (Wildman–Crippen MR) is 121 cm³/mol. The van der Waals surface area contributed by atoms with Crippen LogP contribution in [0.1, 0.15) is 34.7 Å². The molecule has 154 valence electrons. The van der Waals surface area contributed by atoms with Crippen LogP contribution in [0.4, 0.5) is 5.69 Å². The summed E-state index contributed by atoms with van der Waals surface area (Å²) in [5.74, 6) is -2.11. The first kappa shape index (κ1) is 19.1. The van der Waals surface area contributed by atoms with Gasteiger partial charge in [-0.2, -0.15) is 0 Å². The molecule has 0 N–H and O–H groups in total. The van der Waals surface area contributed by atoms with Gasteiger partial charge in [0, 0.05) is 0 Å². The number of anilines is 1. The van der Waals surface area contributed by atoms with Crippen molar-refractivity contribution in [3.63, 3.8) is 0 Å². The number of hydrogen-bond acceptors (Lipinski definition) is 2. The third kappa shape index (κ3) is 2.11. The molecule has 4 aliphatic rings. The molecule has 0 spiro atoms. The van der Waals surface area contributed by atoms with E-state index in [4.69, 9.17) is 23.2 Å². The fourth-order valence-electron chi connectivity index (χ4n) is 5.80. The maximum atomic E-state index is 13.8. The van der Waals surface area contributed by atoms with Gasteiger partial charge in [-0.05, 0) is 46.4 Å². The highest BCUT2D eigenvalue weighted by atomic mass is 35.5. The van der Waals surface area contributed by atoms with E-state index < -0.39 is 21.6 Å². The summed E-state index contributed by atoms with van der Waals surface area (Å²) < 4.78 is 0. The van der Waals surface area contributed by atoms with E-state index in [1.807, 2.05) is 72.8 Å². The Morgan fingerprint density at radius 3 is 1.45 bits per heavy atom. The van der Waals surface area contributed by atoms with Crippen LogP contribution in [-0.2, 0) is 25.8 Å². The van der Waals surface area contributed by atoms with Gasteiger partial charge in [0.25, 0.3) is 0 Å². The van der Waals surface area contributed by atoms with E-state index in [1.165, 1.54) is 4.90 Å². The van der Waals surface area contributed by atoms with Crippen molar-refractivity contribution in [1.29, 1.82) is 0 Å². The number of amides is 2. The van der Waals surface area contributed by atoms with Crippen molar-refractivity contribution < 1.29 is 9.59 Å². The molecule has 2 bridgehead atoms. The number of carbonyl (C=O) groups excluding carboxylic acids is 2. The first-order valence-corrected chi connectivity index (χ1v) is 11.2. The Labute approximate surface area is 190 Å². The van der Waals surface area contributed by atoms with Gasteiger partial charge >= 0.3 is 0 Å². The number of imide groups is 1. The molecule has 2 atom stereocenters. The molecule has 0 radical (unpaired) electrons. The third-order valence-corrected chi connectivity index (χ3v) is 8.47. The standard InChI is InChI=1S/C26H19Cl2NO2/c1-2-15-11-13-16(14-12-15)29-23(30)21-22(24(29)31)26(28)18-8-4-3-7-17(18)25(21,27)19-9-5-6-10-20(19)26/h3-14,21-22H,2H2,1H3/t21-,22-,25?,26?/m0/s1. The lowest BCUT2D eigenvalue weighted by Gasteiger charge is -2.54. The fraction of sp³-hybridized carbons (Fsp3) is 0.231. The van der Waals surface area contributed by atoms with E-state index >= 15 is 0 Å². The van der Waals surface area contributed by atoms with Crippen LogP contribution in [0.3, 0.4) is 0 Å². The van der Waals surface area contributed by atoms with E-state index in [1.54, 1.807) is 0 Å². The highest BCUT2D eigenvalue weighted by molar-refractivity contribution is 6.38. The summed E-state index contributed by atoms with van der Waals surface area (Å²) in [6.07, 6.45) is 0.883. The number of alkyl halides is 2. The Morgan fingerprint density at radius 2 is 1.10 bits per heavy atom. The van der Waals surface area contributed by atoms with Crippen molar-refractivity contribution in [2.24, 2.45) is 11.8 Å². The van der Waals surface area contributed by atoms with Gasteiger partial charge in [0.1, 0.15) is 9.75 Å². The molecule has 1 heterocycles. The largest absolute Gasteiger partial charge is 0.274 e. The average molecular weight is 448 g/mol. The van der Waals surface area contributed by atoms with Crippen molar-refractivity contribution >= 4 is 40.7 Å². The van der Waals surface area contributed by atoms with Gasteiger partial charge in [-0.1, -0.05) is 67.6 Å². The van der Waals surface area contributed by atoms with Crippen molar-refractivity contribution in [2.45, 2.75) is 23.1 Å². The van der Waals surface area contributed by atoms with E-state index in [9.17, 15) is 9.59 Å². The molecule has 2 amide bonds. The monoisotopic (exact) mass is 447 g/mol. The molecule has 3 aromatic rings. The maximum Gasteiger partial charge on any atom is 0.240 e. The predicted octanol–water partition coefficient (Wildman–Crippen LogP) is 5.35. The van der Waals surface area contributed by atoms with Crippen LogP contribution in [0.2, 0.25) is 0 Å². The van der Waals surface area contributed by atoms with Crippen LogP contribution >= 0.6 is 23.2 Å². The smallest absolute Gasteiger partial charge is 0.240 e. The van der Waals surface area contributed by atoms with Gasteiger partial charge in [-0.15, -0.1) is 23.2 Å². The lowest BCUT2D eigenvalue weighted by atomic mass is 9.54. The molecule has 3 aliphatic carbocycles. The second-order valence-corrected chi connectivity index (χ2v) is 9.69. The minimum atomic E-state index is -1.14. The van der Waals surface area contributed by atoms with Gasteiger partial charge in [0.15, 0.2) is 0 Å². The van der Waals surface area contributed by atoms with Gasteiger partial charge in [-0.3, -0.25) is 9.59 Å². The molecule has 1 fully saturated rings. The topological polar surface area (TPSA) is 37.4 Å². The number of benzene rings is 3. The number of halogens is 2. The summed E-state index contributed by atoms with van der Waals surface area (Å²) in [4.78, 5) is 26.7. The van der Waals surface area contributed by atoms with E-state index in [0.29, 0.717) is 5.69 Å². The fourth-order valence-corrected chi connectivity index (χ4v) is 6.90. The van der Waals surface area contributed by atoms with Crippen molar-refractivity contribution in [3.8, 4) is 0 Å². The Bertz CT molecular complexity index is 1140. The molecule has 0 aromatic heterocycles. The average Bonchev–Trinajstić information content (AvgIpc) is 3.08. The zero-order valence-electron chi connectivity index (χ0n) is 16.8. The Balaban J connectivity index is 1.62. The molecular formula is C26H19Cl2NO2. The highest BCUT2D eigenvalue weighted by Gasteiger charge is 2.73. The quantitative estimate of drug-likeness (QED) is 0.392. The normalized spacial score (nSPS) is 30.2. The summed E-state index contributed by atoms with van der Waals surface area (Å²) in [7, 11) is 0. The van der Waals surface area contributed by atoms with Crippen LogP contribution in [0.15, 0.2) is 72.8 Å². The lowest BCUT2D eigenvalue weighted by Crippen LogP contribution is -2.57.